The maximum atomic E-state index is 12.2. The molecule has 3 N–H and O–H groups in total. The van der Waals surface area contributed by atoms with Crippen LogP contribution in [0.25, 0.3) is 0 Å². The van der Waals surface area contributed by atoms with Gasteiger partial charge in [-0.3, -0.25) is 14.5 Å². The van der Waals surface area contributed by atoms with Crippen LogP contribution in [0, 0.1) is 4.64 Å². The number of amides is 2. The van der Waals surface area contributed by atoms with Gasteiger partial charge in [0.2, 0.25) is 5.91 Å². The Hall–Kier alpha value is -1.73. The molecule has 2 heterocycles. The summed E-state index contributed by atoms with van der Waals surface area (Å²) >= 11 is 5.13. The Morgan fingerprint density at radius 1 is 1.39 bits per heavy atom. The second kappa shape index (κ2) is 8.79. The van der Waals surface area contributed by atoms with E-state index in [2.05, 4.69) is 20.5 Å². The number of carbonyl (C=O) groups excluding carboxylic acids is 2. The van der Waals surface area contributed by atoms with Gasteiger partial charge in [0.1, 0.15) is 4.64 Å². The van der Waals surface area contributed by atoms with Crippen molar-refractivity contribution < 1.29 is 9.59 Å². The molecule has 126 valence electrons. The van der Waals surface area contributed by atoms with Crippen molar-refractivity contribution in [1.82, 2.24) is 20.5 Å². The number of hydrogen-bond donors (Lipinski definition) is 3. The predicted molar refractivity (Wildman–Crippen MR) is 91.9 cm³/mol. The van der Waals surface area contributed by atoms with Crippen molar-refractivity contribution in [2.24, 2.45) is 0 Å². The van der Waals surface area contributed by atoms with Crippen LogP contribution in [-0.4, -0.2) is 53.9 Å². The van der Waals surface area contributed by atoms with Crippen LogP contribution in [0.5, 0.6) is 0 Å². The van der Waals surface area contributed by atoms with Crippen molar-refractivity contribution in [3.8, 4) is 0 Å². The monoisotopic (exact) mass is 336 g/mol. The topological polar surface area (TPSA) is 77.2 Å². The van der Waals surface area contributed by atoms with Crippen molar-refractivity contribution >= 4 is 24.0 Å². The zero-order valence-corrected chi connectivity index (χ0v) is 14.2. The lowest BCUT2D eigenvalue weighted by Gasteiger charge is -2.31. The Morgan fingerprint density at radius 3 is 2.78 bits per heavy atom. The first-order valence-corrected chi connectivity index (χ1v) is 8.48. The smallest absolute Gasteiger partial charge is 0.254 e. The van der Waals surface area contributed by atoms with Gasteiger partial charge >= 0.3 is 0 Å². The first kappa shape index (κ1) is 17.6. The number of aromatic amines is 1. The number of pyridine rings is 1. The van der Waals surface area contributed by atoms with E-state index in [1.54, 1.807) is 18.3 Å². The molecule has 1 aliphatic rings. The van der Waals surface area contributed by atoms with Crippen molar-refractivity contribution in [2.75, 3.05) is 26.2 Å². The molecule has 0 aromatic carbocycles. The average molecular weight is 336 g/mol. The first-order chi connectivity index (χ1) is 11.1. The highest BCUT2D eigenvalue weighted by Gasteiger charge is 2.22. The van der Waals surface area contributed by atoms with Crippen LogP contribution in [-0.2, 0) is 4.79 Å². The van der Waals surface area contributed by atoms with Crippen molar-refractivity contribution in [3.63, 3.8) is 0 Å². The zero-order valence-electron chi connectivity index (χ0n) is 13.4. The van der Waals surface area contributed by atoms with Crippen molar-refractivity contribution in [3.05, 3.63) is 28.5 Å². The first-order valence-electron chi connectivity index (χ1n) is 8.07. The quantitative estimate of drug-likeness (QED) is 0.688. The SMILES string of the molecule is CCCNC(=O)CN1CCC(NC(=O)c2ccc[nH]c2=S)CC1. The number of nitrogens with one attached hydrogen (secondary N) is 3. The van der Waals surface area contributed by atoms with Gasteiger partial charge in [-0.05, 0) is 31.4 Å². The molecular weight excluding hydrogens is 312 g/mol. The molecule has 1 aliphatic heterocycles. The third-order valence-corrected chi connectivity index (χ3v) is 4.26. The number of piperidine rings is 1. The van der Waals surface area contributed by atoms with Crippen LogP contribution >= 0.6 is 12.2 Å². The van der Waals surface area contributed by atoms with Gasteiger partial charge in [-0.1, -0.05) is 19.1 Å². The number of rotatable bonds is 6. The van der Waals surface area contributed by atoms with E-state index in [0.717, 1.165) is 38.9 Å². The molecule has 1 aromatic heterocycles. The summed E-state index contributed by atoms with van der Waals surface area (Å²) in [6, 6.07) is 3.62. The Bertz CT molecular complexity index is 594. The minimum atomic E-state index is -0.133. The summed E-state index contributed by atoms with van der Waals surface area (Å²) in [6.45, 7) is 4.82. The van der Waals surface area contributed by atoms with Crippen molar-refractivity contribution in [1.29, 1.82) is 0 Å². The Morgan fingerprint density at radius 2 is 2.13 bits per heavy atom. The fourth-order valence-electron chi connectivity index (χ4n) is 2.62. The lowest BCUT2D eigenvalue weighted by atomic mass is 10.0. The normalized spacial score (nSPS) is 16.0. The van der Waals surface area contributed by atoms with Gasteiger partial charge < -0.3 is 15.6 Å². The van der Waals surface area contributed by atoms with Gasteiger partial charge in [-0.25, -0.2) is 0 Å². The Labute approximate surface area is 141 Å². The van der Waals surface area contributed by atoms with Crippen LogP contribution in [0.15, 0.2) is 18.3 Å². The van der Waals surface area contributed by atoms with Gasteiger partial charge in [-0.15, -0.1) is 0 Å². The van der Waals surface area contributed by atoms with Gasteiger partial charge in [0.25, 0.3) is 5.91 Å². The number of H-pyrrole nitrogens is 1. The van der Waals surface area contributed by atoms with Crippen LogP contribution in [0.1, 0.15) is 36.5 Å². The molecular formula is C16H24N4O2S. The Balaban J connectivity index is 1.76. The molecule has 7 heteroatoms. The van der Waals surface area contributed by atoms with E-state index in [4.69, 9.17) is 12.2 Å². The molecule has 6 nitrogen and oxygen atoms in total. The van der Waals surface area contributed by atoms with Gasteiger partial charge in [0, 0.05) is 31.9 Å². The highest BCUT2D eigenvalue weighted by molar-refractivity contribution is 7.71. The number of carbonyl (C=O) groups is 2. The number of likely N-dealkylation sites (tertiary alicyclic amines) is 1. The molecule has 2 amide bonds. The third kappa shape index (κ3) is 5.44. The minimum absolute atomic E-state index is 0.0740. The van der Waals surface area contributed by atoms with Crippen LogP contribution < -0.4 is 10.6 Å². The molecule has 1 aromatic rings. The van der Waals surface area contributed by atoms with Gasteiger partial charge in [0.15, 0.2) is 0 Å². The van der Waals surface area contributed by atoms with Gasteiger partial charge in [-0.2, -0.15) is 0 Å². The number of hydrogen-bond acceptors (Lipinski definition) is 4. The minimum Gasteiger partial charge on any atom is -0.355 e. The fraction of sp³-hybridized carbons (Fsp3) is 0.562. The second-order valence-electron chi connectivity index (χ2n) is 5.79. The van der Waals surface area contributed by atoms with E-state index in [1.807, 2.05) is 6.92 Å². The third-order valence-electron chi connectivity index (χ3n) is 3.92. The molecule has 1 fully saturated rings. The summed E-state index contributed by atoms with van der Waals surface area (Å²) in [5.41, 5.74) is 0.504. The largest absolute Gasteiger partial charge is 0.355 e. The van der Waals surface area contributed by atoms with Crippen molar-refractivity contribution in [2.45, 2.75) is 32.2 Å². The molecule has 23 heavy (non-hydrogen) atoms. The lowest BCUT2D eigenvalue weighted by molar-refractivity contribution is -0.122. The van der Waals surface area contributed by atoms with E-state index in [-0.39, 0.29) is 17.9 Å². The molecule has 0 saturated carbocycles. The summed E-state index contributed by atoms with van der Waals surface area (Å²) in [7, 11) is 0. The standard InChI is InChI=1S/C16H24N4O2S/c1-2-7-17-14(21)11-20-9-5-12(6-10-20)19-15(22)13-4-3-8-18-16(13)23/h3-4,8,12H,2,5-7,9-11H2,1H3,(H,17,21)(H,18,23)(H,19,22). The molecule has 0 spiro atoms. The van der Waals surface area contributed by atoms with E-state index < -0.39 is 0 Å². The summed E-state index contributed by atoms with van der Waals surface area (Å²) < 4.78 is 0.454. The van der Waals surface area contributed by atoms with Gasteiger partial charge in [0.05, 0.1) is 12.1 Å². The maximum Gasteiger partial charge on any atom is 0.254 e. The van der Waals surface area contributed by atoms with E-state index >= 15 is 0 Å². The lowest BCUT2D eigenvalue weighted by Crippen LogP contribution is -2.47. The van der Waals surface area contributed by atoms with E-state index in [0.29, 0.717) is 16.7 Å². The molecule has 2 rings (SSSR count). The molecule has 0 radical (unpaired) electrons. The fourth-order valence-corrected chi connectivity index (χ4v) is 2.85. The highest BCUT2D eigenvalue weighted by Crippen LogP contribution is 2.11. The summed E-state index contributed by atoms with van der Waals surface area (Å²) in [5, 5.41) is 5.92. The molecule has 0 bridgehead atoms. The molecule has 0 atom stereocenters. The van der Waals surface area contributed by atoms with Crippen LogP contribution in [0.3, 0.4) is 0 Å². The summed E-state index contributed by atoms with van der Waals surface area (Å²) in [4.78, 5) is 28.9. The molecule has 0 unspecified atom stereocenters. The molecule has 0 aliphatic carbocycles. The zero-order chi connectivity index (χ0) is 16.7. The summed E-state index contributed by atoms with van der Waals surface area (Å²) in [6.07, 6.45) is 4.34. The molecule has 1 saturated heterocycles. The number of nitrogens with zero attached hydrogens (tertiary/aromatic N) is 1. The summed E-state index contributed by atoms with van der Waals surface area (Å²) in [5.74, 6) is -0.0594. The van der Waals surface area contributed by atoms with Crippen LogP contribution in [0.2, 0.25) is 0 Å². The van der Waals surface area contributed by atoms with E-state index in [1.165, 1.54) is 0 Å². The Kier molecular flexibility index (Phi) is 6.73. The number of aromatic nitrogens is 1. The highest BCUT2D eigenvalue weighted by atomic mass is 32.1. The van der Waals surface area contributed by atoms with Crippen LogP contribution in [0.4, 0.5) is 0 Å². The maximum absolute atomic E-state index is 12.2. The van der Waals surface area contributed by atoms with E-state index in [9.17, 15) is 9.59 Å². The average Bonchev–Trinajstić information content (AvgIpc) is 2.55. The predicted octanol–water partition coefficient (Wildman–Crippen LogP) is 1.46. The second-order valence-corrected chi connectivity index (χ2v) is 6.20.